The first-order chi connectivity index (χ1) is 10.1. The molecule has 2 saturated carbocycles. The van der Waals surface area contributed by atoms with E-state index < -0.39 is 0 Å². The van der Waals surface area contributed by atoms with Crippen molar-refractivity contribution in [3.63, 3.8) is 0 Å². The van der Waals surface area contributed by atoms with Gasteiger partial charge in [0.2, 0.25) is 0 Å². The normalized spacial score (nSPS) is 35.1. The van der Waals surface area contributed by atoms with Crippen LogP contribution in [0.15, 0.2) is 0 Å². The van der Waals surface area contributed by atoms with Crippen molar-refractivity contribution in [2.45, 2.75) is 109 Å². The van der Waals surface area contributed by atoms with Crippen LogP contribution >= 0.6 is 0 Å². The zero-order chi connectivity index (χ0) is 14.7. The largest absolute Gasteiger partial charge is 0.345 e. The summed E-state index contributed by atoms with van der Waals surface area (Å²) in [4.78, 5) is 0. The Morgan fingerprint density at radius 1 is 0.714 bits per heavy atom. The van der Waals surface area contributed by atoms with Gasteiger partial charge >= 0.3 is 0 Å². The van der Waals surface area contributed by atoms with Crippen molar-refractivity contribution in [3.8, 4) is 0 Å². The van der Waals surface area contributed by atoms with Crippen LogP contribution in [0.2, 0.25) is 0 Å². The molecule has 0 N–H and O–H groups in total. The molecule has 0 bridgehead atoms. The van der Waals surface area contributed by atoms with Crippen molar-refractivity contribution in [2.75, 3.05) is 0 Å². The fraction of sp³-hybridized carbons (Fsp3) is 0.895. The average molecular weight is 292 g/mol. The lowest BCUT2D eigenvalue weighted by molar-refractivity contribution is -0.146. The second-order valence-electron chi connectivity index (χ2n) is 7.74. The molecule has 2 heteroatoms. The van der Waals surface area contributed by atoms with Gasteiger partial charge in [0.1, 0.15) is 0 Å². The molecule has 0 spiro atoms. The third-order valence-corrected chi connectivity index (χ3v) is 5.39. The minimum absolute atomic E-state index is 0.294. The second-order valence-corrected chi connectivity index (χ2v) is 7.74. The minimum Gasteiger partial charge on any atom is -0.345 e. The van der Waals surface area contributed by atoms with Gasteiger partial charge in [0.15, 0.2) is 5.79 Å². The van der Waals surface area contributed by atoms with Crippen molar-refractivity contribution in [3.05, 3.63) is 11.8 Å². The molecule has 21 heavy (non-hydrogen) atoms. The summed E-state index contributed by atoms with van der Waals surface area (Å²) in [6.45, 7) is 4.16. The Morgan fingerprint density at radius 2 is 1.10 bits per heavy atom. The number of hydrogen-bond donors (Lipinski definition) is 0. The third kappa shape index (κ3) is 4.45. The summed E-state index contributed by atoms with van der Waals surface area (Å²) in [7, 11) is 0. The molecule has 0 aromatic rings. The highest BCUT2D eigenvalue weighted by Crippen LogP contribution is 2.40. The molecule has 120 valence electrons. The van der Waals surface area contributed by atoms with Gasteiger partial charge in [0.05, 0.1) is 12.2 Å². The zero-order valence-corrected chi connectivity index (χ0v) is 14.0. The van der Waals surface area contributed by atoms with Crippen LogP contribution in [0, 0.1) is 11.8 Å². The van der Waals surface area contributed by atoms with Gasteiger partial charge in [-0.25, -0.2) is 0 Å². The van der Waals surface area contributed by atoms with E-state index in [2.05, 4.69) is 13.8 Å². The standard InChI is InChI=1S/C19H32O2/c1-19(2)20-17(13-15-9-5-3-6-10-15)18(21-19)14-16-11-7-4-8-12-16/h17-18H,3-14H2,1-2H3. The third-order valence-electron chi connectivity index (χ3n) is 5.39. The van der Waals surface area contributed by atoms with Crippen LogP contribution in [0.3, 0.4) is 0 Å². The van der Waals surface area contributed by atoms with E-state index in [-0.39, 0.29) is 5.79 Å². The van der Waals surface area contributed by atoms with Gasteiger partial charge < -0.3 is 9.47 Å². The van der Waals surface area contributed by atoms with Crippen LogP contribution in [0.5, 0.6) is 0 Å². The molecule has 0 amide bonds. The van der Waals surface area contributed by atoms with E-state index in [9.17, 15) is 0 Å². The van der Waals surface area contributed by atoms with Gasteiger partial charge in [-0.15, -0.1) is 0 Å². The highest BCUT2D eigenvalue weighted by Gasteiger charge is 2.43. The highest BCUT2D eigenvalue weighted by molar-refractivity contribution is 5.02. The lowest BCUT2D eigenvalue weighted by Crippen LogP contribution is -2.28. The lowest BCUT2D eigenvalue weighted by atomic mass is 9.81. The summed E-state index contributed by atoms with van der Waals surface area (Å²) < 4.78 is 12.5. The maximum Gasteiger partial charge on any atom is 0.163 e. The SMILES string of the molecule is CC1(C)OC(C[C]2CCCCC2)C(C[C]2CCCCC2)O1. The summed E-state index contributed by atoms with van der Waals surface area (Å²) in [6.07, 6.45) is 16.5. The molecule has 3 rings (SSSR count). The molecule has 0 aromatic carbocycles. The number of ether oxygens (including phenoxy) is 2. The molecule has 2 radical (unpaired) electrons. The Labute approximate surface area is 131 Å². The molecule has 3 aliphatic rings. The van der Waals surface area contributed by atoms with Crippen LogP contribution in [0.1, 0.15) is 90.9 Å². The van der Waals surface area contributed by atoms with Crippen LogP contribution in [-0.4, -0.2) is 18.0 Å². The molecular formula is C19H32O2. The van der Waals surface area contributed by atoms with Crippen LogP contribution < -0.4 is 0 Å². The molecule has 2 unspecified atom stereocenters. The van der Waals surface area contributed by atoms with E-state index in [1.807, 2.05) is 0 Å². The molecule has 2 nitrogen and oxygen atoms in total. The first kappa shape index (κ1) is 15.8. The van der Waals surface area contributed by atoms with E-state index in [1.165, 1.54) is 64.2 Å². The summed E-state index contributed by atoms with van der Waals surface area (Å²) in [5.41, 5.74) is 0. The first-order valence-electron chi connectivity index (χ1n) is 9.15. The Kier molecular flexibility index (Phi) is 5.27. The Balaban J connectivity index is 1.56. The Morgan fingerprint density at radius 3 is 1.48 bits per heavy atom. The van der Waals surface area contributed by atoms with Crippen molar-refractivity contribution in [1.82, 2.24) is 0 Å². The smallest absolute Gasteiger partial charge is 0.163 e. The predicted molar refractivity (Wildman–Crippen MR) is 85.7 cm³/mol. The van der Waals surface area contributed by atoms with Gasteiger partial charge in [-0.3, -0.25) is 0 Å². The van der Waals surface area contributed by atoms with E-state index >= 15 is 0 Å². The van der Waals surface area contributed by atoms with E-state index in [0.717, 1.165) is 12.8 Å². The average Bonchev–Trinajstić information content (AvgIpc) is 2.75. The fourth-order valence-corrected chi connectivity index (χ4v) is 4.34. The number of hydrogen-bond acceptors (Lipinski definition) is 2. The topological polar surface area (TPSA) is 18.5 Å². The molecule has 1 saturated heterocycles. The van der Waals surface area contributed by atoms with Gasteiger partial charge in [0, 0.05) is 0 Å². The van der Waals surface area contributed by atoms with Gasteiger partial charge in [-0.1, -0.05) is 38.5 Å². The second kappa shape index (κ2) is 7.00. The molecule has 2 atom stereocenters. The molecular weight excluding hydrogens is 260 g/mol. The summed E-state index contributed by atoms with van der Waals surface area (Å²) in [5.74, 6) is 3.07. The van der Waals surface area contributed by atoms with Gasteiger partial charge in [0.25, 0.3) is 0 Å². The zero-order valence-electron chi connectivity index (χ0n) is 14.0. The molecule has 3 fully saturated rings. The van der Waals surface area contributed by atoms with Crippen molar-refractivity contribution >= 4 is 0 Å². The quantitative estimate of drug-likeness (QED) is 0.694. The maximum atomic E-state index is 6.25. The van der Waals surface area contributed by atoms with Crippen LogP contribution in [-0.2, 0) is 9.47 Å². The van der Waals surface area contributed by atoms with Crippen LogP contribution in [0.4, 0.5) is 0 Å². The monoisotopic (exact) mass is 292 g/mol. The highest BCUT2D eigenvalue weighted by atomic mass is 16.7. The molecule has 2 aliphatic carbocycles. The number of rotatable bonds is 4. The van der Waals surface area contributed by atoms with Crippen molar-refractivity contribution < 1.29 is 9.47 Å². The van der Waals surface area contributed by atoms with E-state index in [4.69, 9.17) is 9.47 Å². The van der Waals surface area contributed by atoms with Crippen molar-refractivity contribution in [2.24, 2.45) is 0 Å². The maximum absolute atomic E-state index is 6.25. The predicted octanol–water partition coefficient (Wildman–Crippen LogP) is 5.36. The van der Waals surface area contributed by atoms with Gasteiger partial charge in [-0.2, -0.15) is 0 Å². The lowest BCUT2D eigenvalue weighted by Gasteiger charge is -2.28. The summed E-state index contributed by atoms with van der Waals surface area (Å²) in [6, 6.07) is 0. The molecule has 1 heterocycles. The van der Waals surface area contributed by atoms with Gasteiger partial charge in [-0.05, 0) is 64.2 Å². The fourth-order valence-electron chi connectivity index (χ4n) is 4.34. The first-order valence-corrected chi connectivity index (χ1v) is 9.15. The molecule has 0 aromatic heterocycles. The Hall–Kier alpha value is -0.0800. The summed E-state index contributed by atoms with van der Waals surface area (Å²) >= 11 is 0. The van der Waals surface area contributed by atoms with Crippen molar-refractivity contribution in [1.29, 1.82) is 0 Å². The Bertz CT molecular complexity index is 284. The molecule has 1 aliphatic heterocycles. The van der Waals surface area contributed by atoms with Crippen LogP contribution in [0.25, 0.3) is 0 Å². The minimum atomic E-state index is -0.389. The summed E-state index contributed by atoms with van der Waals surface area (Å²) in [5, 5.41) is 0. The van der Waals surface area contributed by atoms with E-state index in [1.54, 1.807) is 11.8 Å². The van der Waals surface area contributed by atoms with E-state index in [0.29, 0.717) is 12.2 Å².